The maximum atomic E-state index is 13.1. The van der Waals surface area contributed by atoms with Crippen LogP contribution >= 0.6 is 0 Å². The van der Waals surface area contributed by atoms with Gasteiger partial charge in [0.15, 0.2) is 0 Å². The summed E-state index contributed by atoms with van der Waals surface area (Å²) in [6, 6.07) is 16.6. The number of aryl methyl sites for hydroxylation is 1. The van der Waals surface area contributed by atoms with Gasteiger partial charge in [-0.15, -0.1) is 0 Å². The molecule has 2 aromatic carbocycles. The third kappa shape index (κ3) is 4.15. The van der Waals surface area contributed by atoms with Crippen molar-refractivity contribution in [2.75, 3.05) is 31.5 Å². The summed E-state index contributed by atoms with van der Waals surface area (Å²) in [6.07, 6.45) is 0.442. The lowest BCUT2D eigenvalue weighted by molar-refractivity contribution is -0.156. The van der Waals surface area contributed by atoms with E-state index in [1.165, 1.54) is 0 Å². The third-order valence-corrected chi connectivity index (χ3v) is 5.79. The molecule has 2 fully saturated rings. The fourth-order valence-electron chi connectivity index (χ4n) is 4.08. The minimum absolute atomic E-state index is 0.0420. The first kappa shape index (κ1) is 19.9. The van der Waals surface area contributed by atoms with Crippen molar-refractivity contribution in [3.05, 3.63) is 65.7 Å². The highest BCUT2D eigenvalue weighted by molar-refractivity contribution is 5.95. The molecule has 4 amide bonds. The fourth-order valence-corrected chi connectivity index (χ4v) is 4.08. The molecule has 1 atom stereocenters. The van der Waals surface area contributed by atoms with Gasteiger partial charge in [-0.3, -0.25) is 9.59 Å². The Hall–Kier alpha value is -3.35. The minimum Gasteiger partial charge on any atom is -0.327 e. The summed E-state index contributed by atoms with van der Waals surface area (Å²) >= 11 is 0. The molecule has 2 aromatic rings. The lowest BCUT2D eigenvalue weighted by atomic mass is 10.1. The topological polar surface area (TPSA) is 73.0 Å². The van der Waals surface area contributed by atoms with Crippen molar-refractivity contribution in [2.24, 2.45) is 0 Å². The molecule has 4 rings (SSSR count). The van der Waals surface area contributed by atoms with E-state index in [4.69, 9.17) is 0 Å². The van der Waals surface area contributed by atoms with Crippen LogP contribution in [0, 0.1) is 6.92 Å². The molecule has 2 aliphatic rings. The molecule has 7 nitrogen and oxygen atoms in total. The van der Waals surface area contributed by atoms with E-state index in [9.17, 15) is 14.4 Å². The van der Waals surface area contributed by atoms with Gasteiger partial charge >= 0.3 is 6.03 Å². The van der Waals surface area contributed by atoms with Crippen LogP contribution in [0.3, 0.4) is 0 Å². The Bertz CT molecular complexity index is 946. The van der Waals surface area contributed by atoms with Gasteiger partial charge in [0, 0.05) is 31.9 Å². The Morgan fingerprint density at radius 2 is 1.73 bits per heavy atom. The van der Waals surface area contributed by atoms with E-state index in [1.54, 1.807) is 14.7 Å². The molecule has 2 saturated heterocycles. The monoisotopic (exact) mass is 406 g/mol. The number of piperazine rings is 1. The average Bonchev–Trinajstić information content (AvgIpc) is 2.98. The lowest BCUT2D eigenvalue weighted by Crippen LogP contribution is -2.59. The molecular weight excluding hydrogens is 380 g/mol. The van der Waals surface area contributed by atoms with Gasteiger partial charge in [-0.2, -0.15) is 0 Å². The van der Waals surface area contributed by atoms with Gasteiger partial charge in [0.1, 0.15) is 12.6 Å². The van der Waals surface area contributed by atoms with Gasteiger partial charge in [0.2, 0.25) is 11.8 Å². The zero-order valence-electron chi connectivity index (χ0n) is 17.1. The number of rotatable bonds is 3. The van der Waals surface area contributed by atoms with Crippen molar-refractivity contribution >= 4 is 23.5 Å². The Labute approximate surface area is 176 Å². The summed E-state index contributed by atoms with van der Waals surface area (Å²) in [7, 11) is 0. The number of carbonyl (C=O) groups excluding carboxylic acids is 3. The maximum Gasteiger partial charge on any atom is 0.321 e. The number of nitrogens with one attached hydrogen (secondary N) is 1. The van der Waals surface area contributed by atoms with E-state index in [-0.39, 0.29) is 24.4 Å². The van der Waals surface area contributed by atoms with Crippen LogP contribution in [0.1, 0.15) is 17.5 Å². The molecule has 2 aliphatic heterocycles. The summed E-state index contributed by atoms with van der Waals surface area (Å²) < 4.78 is 0. The lowest BCUT2D eigenvalue weighted by Gasteiger charge is -2.39. The van der Waals surface area contributed by atoms with Crippen molar-refractivity contribution < 1.29 is 14.4 Å². The number of para-hydroxylation sites is 1. The van der Waals surface area contributed by atoms with Crippen LogP contribution in [-0.2, 0) is 16.1 Å². The van der Waals surface area contributed by atoms with Crippen molar-refractivity contribution in [3.8, 4) is 0 Å². The molecule has 30 heavy (non-hydrogen) atoms. The van der Waals surface area contributed by atoms with E-state index in [0.29, 0.717) is 32.6 Å². The predicted octanol–water partition coefficient (Wildman–Crippen LogP) is 2.47. The van der Waals surface area contributed by atoms with E-state index in [2.05, 4.69) is 5.32 Å². The Morgan fingerprint density at radius 3 is 2.50 bits per heavy atom. The average molecular weight is 406 g/mol. The van der Waals surface area contributed by atoms with E-state index in [1.807, 2.05) is 61.5 Å². The molecule has 0 aliphatic carbocycles. The normalized spacial score (nSPS) is 19.4. The molecule has 156 valence electrons. The Kier molecular flexibility index (Phi) is 5.70. The SMILES string of the molecule is Cc1ccccc1NC(=O)N1CCC2C(=O)N(Cc3ccccc3)CC(=O)N2CC1. The quantitative estimate of drug-likeness (QED) is 0.851. The number of fused-ring (bicyclic) bond motifs is 1. The molecule has 0 bridgehead atoms. The summed E-state index contributed by atoms with van der Waals surface area (Å²) in [6.45, 7) is 3.66. The number of carbonyl (C=O) groups is 3. The number of benzene rings is 2. The van der Waals surface area contributed by atoms with Gasteiger partial charge in [-0.05, 0) is 30.5 Å². The summed E-state index contributed by atoms with van der Waals surface area (Å²) in [4.78, 5) is 43.6. The first-order valence-electron chi connectivity index (χ1n) is 10.3. The molecule has 7 heteroatoms. The van der Waals surface area contributed by atoms with Crippen molar-refractivity contribution in [1.29, 1.82) is 0 Å². The second kappa shape index (κ2) is 8.57. The highest BCUT2D eigenvalue weighted by atomic mass is 16.2. The predicted molar refractivity (Wildman–Crippen MR) is 114 cm³/mol. The molecule has 2 heterocycles. The molecule has 0 aromatic heterocycles. The second-order valence-electron chi connectivity index (χ2n) is 7.80. The molecule has 0 radical (unpaired) electrons. The van der Waals surface area contributed by atoms with Crippen LogP contribution in [0.5, 0.6) is 0 Å². The third-order valence-electron chi connectivity index (χ3n) is 5.79. The Morgan fingerprint density at radius 1 is 1.00 bits per heavy atom. The summed E-state index contributed by atoms with van der Waals surface area (Å²) in [5.74, 6) is -0.101. The number of amides is 4. The fraction of sp³-hybridized carbons (Fsp3) is 0.348. The number of hydrogen-bond acceptors (Lipinski definition) is 3. The van der Waals surface area contributed by atoms with Gasteiger partial charge in [-0.1, -0.05) is 48.5 Å². The van der Waals surface area contributed by atoms with Crippen molar-refractivity contribution in [2.45, 2.75) is 25.9 Å². The van der Waals surface area contributed by atoms with Crippen LogP contribution in [0.25, 0.3) is 0 Å². The summed E-state index contributed by atoms with van der Waals surface area (Å²) in [5.41, 5.74) is 2.76. The second-order valence-corrected chi connectivity index (χ2v) is 7.80. The standard InChI is InChI=1S/C23H26N4O3/c1-17-7-5-6-10-19(17)24-23(30)25-12-11-20-22(29)26(15-18-8-3-2-4-9-18)16-21(28)27(20)14-13-25/h2-10,20H,11-16H2,1H3,(H,24,30). The smallest absolute Gasteiger partial charge is 0.321 e. The highest BCUT2D eigenvalue weighted by Gasteiger charge is 2.41. The number of hydrogen-bond donors (Lipinski definition) is 1. The van der Waals surface area contributed by atoms with Gasteiger partial charge in [0.05, 0.1) is 0 Å². The van der Waals surface area contributed by atoms with E-state index in [0.717, 1.165) is 16.8 Å². The van der Waals surface area contributed by atoms with E-state index >= 15 is 0 Å². The maximum absolute atomic E-state index is 13.1. The van der Waals surface area contributed by atoms with Crippen LogP contribution in [0.2, 0.25) is 0 Å². The molecular formula is C23H26N4O3. The first-order chi connectivity index (χ1) is 14.5. The summed E-state index contributed by atoms with van der Waals surface area (Å²) in [5, 5.41) is 2.94. The first-order valence-corrected chi connectivity index (χ1v) is 10.3. The van der Waals surface area contributed by atoms with Crippen LogP contribution in [-0.4, -0.2) is 64.8 Å². The van der Waals surface area contributed by atoms with Crippen molar-refractivity contribution in [3.63, 3.8) is 0 Å². The van der Waals surface area contributed by atoms with Crippen LogP contribution < -0.4 is 5.32 Å². The minimum atomic E-state index is -0.508. The largest absolute Gasteiger partial charge is 0.327 e. The zero-order chi connectivity index (χ0) is 21.1. The van der Waals surface area contributed by atoms with Gasteiger partial charge < -0.3 is 20.0 Å². The van der Waals surface area contributed by atoms with Crippen LogP contribution in [0.4, 0.5) is 10.5 Å². The van der Waals surface area contributed by atoms with Gasteiger partial charge in [-0.25, -0.2) is 4.79 Å². The van der Waals surface area contributed by atoms with E-state index < -0.39 is 6.04 Å². The van der Waals surface area contributed by atoms with Gasteiger partial charge in [0.25, 0.3) is 0 Å². The zero-order valence-corrected chi connectivity index (χ0v) is 17.1. The van der Waals surface area contributed by atoms with Crippen molar-refractivity contribution in [1.82, 2.24) is 14.7 Å². The van der Waals surface area contributed by atoms with Crippen LogP contribution in [0.15, 0.2) is 54.6 Å². The molecule has 1 N–H and O–H groups in total. The molecule has 1 unspecified atom stereocenters. The number of urea groups is 1. The number of nitrogens with zero attached hydrogens (tertiary/aromatic N) is 3. The number of anilines is 1. The molecule has 0 spiro atoms. The molecule has 0 saturated carbocycles. The highest BCUT2D eigenvalue weighted by Crippen LogP contribution is 2.22. The Balaban J connectivity index is 1.43.